The second kappa shape index (κ2) is 9.38. The summed E-state index contributed by atoms with van der Waals surface area (Å²) in [6.07, 6.45) is 2.79. The van der Waals surface area contributed by atoms with Gasteiger partial charge in [0.2, 0.25) is 5.91 Å². The van der Waals surface area contributed by atoms with Crippen molar-refractivity contribution < 1.29 is 14.3 Å². The largest absolute Gasteiger partial charge is 0.378 e. The zero-order valence-electron chi connectivity index (χ0n) is 17.8. The number of carbonyl (C=O) groups excluding carboxylic acids is 1. The SMILES string of the molecule is CCc1c(C)sc2nc(SC(C)C(=O)N3CCOCC3)n(CC3CCCO3)c(=O)c12. The highest BCUT2D eigenvalue weighted by Crippen LogP contribution is 2.31. The molecule has 7 nitrogen and oxygen atoms in total. The molecular weight excluding hydrogens is 422 g/mol. The number of morpholine rings is 1. The minimum atomic E-state index is -0.324. The number of aryl methyl sites for hydroxylation is 2. The first-order chi connectivity index (χ1) is 14.5. The lowest BCUT2D eigenvalue weighted by Crippen LogP contribution is -2.44. The van der Waals surface area contributed by atoms with Crippen LogP contribution in [0.5, 0.6) is 0 Å². The highest BCUT2D eigenvalue weighted by atomic mass is 32.2. The van der Waals surface area contributed by atoms with Crippen molar-refractivity contribution in [2.75, 3.05) is 32.9 Å². The van der Waals surface area contributed by atoms with E-state index in [1.807, 2.05) is 18.7 Å². The van der Waals surface area contributed by atoms with Gasteiger partial charge in [-0.25, -0.2) is 4.98 Å². The molecule has 164 valence electrons. The smallest absolute Gasteiger partial charge is 0.263 e. The number of fused-ring (bicyclic) bond motifs is 1. The van der Waals surface area contributed by atoms with Crippen molar-refractivity contribution in [2.45, 2.75) is 63.1 Å². The standard InChI is InChI=1S/C21H29N3O4S2/c1-4-16-13(2)29-18-17(16)20(26)24(12-15-6-5-9-28-15)21(22-18)30-14(3)19(25)23-7-10-27-11-8-23/h14-15H,4-12H2,1-3H3. The van der Waals surface area contributed by atoms with Crippen LogP contribution in [-0.2, 0) is 27.2 Å². The summed E-state index contributed by atoms with van der Waals surface area (Å²) in [5, 5.41) is 1.02. The number of ether oxygens (including phenoxy) is 2. The zero-order chi connectivity index (χ0) is 21.3. The summed E-state index contributed by atoms with van der Waals surface area (Å²) >= 11 is 2.94. The van der Waals surface area contributed by atoms with E-state index in [0.29, 0.717) is 38.0 Å². The quantitative estimate of drug-likeness (QED) is 0.497. The first-order valence-corrected chi connectivity index (χ1v) is 12.4. The number of carbonyl (C=O) groups is 1. The third kappa shape index (κ3) is 4.30. The molecule has 2 saturated heterocycles. The minimum absolute atomic E-state index is 0.00905. The van der Waals surface area contributed by atoms with E-state index in [1.165, 1.54) is 11.8 Å². The lowest BCUT2D eigenvalue weighted by atomic mass is 10.1. The summed E-state index contributed by atoms with van der Waals surface area (Å²) in [6.45, 7) is 9.62. The van der Waals surface area contributed by atoms with E-state index in [9.17, 15) is 9.59 Å². The maximum Gasteiger partial charge on any atom is 0.263 e. The van der Waals surface area contributed by atoms with Crippen LogP contribution in [0, 0.1) is 6.92 Å². The van der Waals surface area contributed by atoms with Gasteiger partial charge in [-0.05, 0) is 38.7 Å². The molecule has 2 aliphatic rings. The number of thiophene rings is 1. The lowest BCUT2D eigenvalue weighted by Gasteiger charge is -2.29. The highest BCUT2D eigenvalue weighted by molar-refractivity contribution is 8.00. The third-order valence-corrected chi connectivity index (χ3v) is 7.91. The van der Waals surface area contributed by atoms with Crippen LogP contribution in [0.15, 0.2) is 9.95 Å². The fourth-order valence-corrected chi connectivity index (χ4v) is 6.31. The Balaban J connectivity index is 1.69. The van der Waals surface area contributed by atoms with Crippen LogP contribution >= 0.6 is 23.1 Å². The molecule has 0 radical (unpaired) electrons. The van der Waals surface area contributed by atoms with Crippen molar-refractivity contribution in [2.24, 2.45) is 0 Å². The third-order valence-electron chi connectivity index (χ3n) is 5.79. The van der Waals surface area contributed by atoms with Gasteiger partial charge in [0.1, 0.15) is 4.83 Å². The van der Waals surface area contributed by atoms with Crippen molar-refractivity contribution in [3.63, 3.8) is 0 Å². The van der Waals surface area contributed by atoms with Crippen molar-refractivity contribution in [3.8, 4) is 0 Å². The average Bonchev–Trinajstić information content (AvgIpc) is 3.37. The molecule has 2 aliphatic heterocycles. The number of hydrogen-bond acceptors (Lipinski definition) is 7. The monoisotopic (exact) mass is 451 g/mol. The van der Waals surface area contributed by atoms with E-state index in [4.69, 9.17) is 14.5 Å². The molecule has 4 rings (SSSR count). The van der Waals surface area contributed by atoms with Gasteiger partial charge >= 0.3 is 0 Å². The van der Waals surface area contributed by atoms with Crippen molar-refractivity contribution >= 4 is 39.2 Å². The van der Waals surface area contributed by atoms with Gasteiger partial charge in [0.05, 0.1) is 36.5 Å². The van der Waals surface area contributed by atoms with Crippen molar-refractivity contribution in [1.82, 2.24) is 14.5 Å². The molecule has 0 bridgehead atoms. The van der Waals surface area contributed by atoms with Crippen LogP contribution in [-0.4, -0.2) is 64.6 Å². The van der Waals surface area contributed by atoms with E-state index >= 15 is 0 Å². The zero-order valence-corrected chi connectivity index (χ0v) is 19.4. The Morgan fingerprint density at radius 2 is 2.10 bits per heavy atom. The van der Waals surface area contributed by atoms with E-state index in [-0.39, 0.29) is 22.8 Å². The summed E-state index contributed by atoms with van der Waals surface area (Å²) in [6, 6.07) is 0. The second-order valence-corrected chi connectivity index (χ2v) is 10.3. The highest BCUT2D eigenvalue weighted by Gasteiger charge is 2.27. The predicted octanol–water partition coefficient (Wildman–Crippen LogP) is 2.85. The lowest BCUT2D eigenvalue weighted by molar-refractivity contribution is -0.134. The van der Waals surface area contributed by atoms with Crippen LogP contribution in [0.3, 0.4) is 0 Å². The molecule has 2 aromatic heterocycles. The Hall–Kier alpha value is -1.42. The fraction of sp³-hybridized carbons (Fsp3) is 0.667. The Kier molecular flexibility index (Phi) is 6.81. The summed E-state index contributed by atoms with van der Waals surface area (Å²) in [5.41, 5.74) is 1.08. The van der Waals surface area contributed by atoms with E-state index in [1.54, 1.807) is 15.9 Å². The molecule has 2 unspecified atom stereocenters. The van der Waals surface area contributed by atoms with E-state index in [2.05, 4.69) is 6.92 Å². The fourth-order valence-electron chi connectivity index (χ4n) is 4.15. The van der Waals surface area contributed by atoms with Crippen molar-refractivity contribution in [3.05, 3.63) is 20.8 Å². The van der Waals surface area contributed by atoms with Gasteiger partial charge < -0.3 is 14.4 Å². The maximum atomic E-state index is 13.5. The Morgan fingerprint density at radius 3 is 2.77 bits per heavy atom. The summed E-state index contributed by atoms with van der Waals surface area (Å²) in [4.78, 5) is 35.1. The van der Waals surface area contributed by atoms with Crippen LogP contribution < -0.4 is 5.56 Å². The molecule has 0 aromatic carbocycles. The predicted molar refractivity (Wildman–Crippen MR) is 120 cm³/mol. The van der Waals surface area contributed by atoms with Gasteiger partial charge in [-0.15, -0.1) is 11.3 Å². The number of thioether (sulfide) groups is 1. The average molecular weight is 452 g/mol. The first kappa shape index (κ1) is 21.8. The topological polar surface area (TPSA) is 73.7 Å². The molecule has 30 heavy (non-hydrogen) atoms. The van der Waals surface area contributed by atoms with Crippen LogP contribution in [0.25, 0.3) is 10.2 Å². The molecule has 0 aliphatic carbocycles. The first-order valence-electron chi connectivity index (χ1n) is 10.7. The molecule has 2 aromatic rings. The Morgan fingerprint density at radius 1 is 1.33 bits per heavy atom. The molecule has 1 amide bonds. The second-order valence-electron chi connectivity index (χ2n) is 7.81. The normalized spacial score (nSPS) is 20.8. The van der Waals surface area contributed by atoms with Crippen LogP contribution in [0.2, 0.25) is 0 Å². The summed E-state index contributed by atoms with van der Waals surface area (Å²) < 4.78 is 12.9. The molecule has 2 atom stereocenters. The summed E-state index contributed by atoms with van der Waals surface area (Å²) in [7, 11) is 0. The molecule has 0 spiro atoms. The van der Waals surface area contributed by atoms with Crippen LogP contribution in [0.4, 0.5) is 0 Å². The molecule has 9 heteroatoms. The maximum absolute atomic E-state index is 13.5. The molecular formula is C21H29N3O4S2. The molecule has 0 N–H and O–H groups in total. The van der Waals surface area contributed by atoms with Gasteiger partial charge in [-0.3, -0.25) is 14.2 Å². The number of nitrogens with zero attached hydrogens (tertiary/aromatic N) is 3. The summed E-state index contributed by atoms with van der Waals surface area (Å²) in [5.74, 6) is 0.0675. The van der Waals surface area contributed by atoms with E-state index < -0.39 is 0 Å². The van der Waals surface area contributed by atoms with Gasteiger partial charge in [-0.1, -0.05) is 18.7 Å². The molecule has 4 heterocycles. The minimum Gasteiger partial charge on any atom is -0.378 e. The Labute approximate surface area is 184 Å². The van der Waals surface area contributed by atoms with Crippen molar-refractivity contribution in [1.29, 1.82) is 0 Å². The molecule has 0 saturated carbocycles. The Bertz CT molecular complexity index is 975. The number of rotatable bonds is 6. The van der Waals surface area contributed by atoms with Gasteiger partial charge in [0.25, 0.3) is 5.56 Å². The number of hydrogen-bond donors (Lipinski definition) is 0. The van der Waals surface area contributed by atoms with E-state index in [0.717, 1.165) is 46.5 Å². The van der Waals surface area contributed by atoms with Crippen LogP contribution in [0.1, 0.15) is 37.1 Å². The number of aromatic nitrogens is 2. The molecule has 2 fully saturated rings. The van der Waals surface area contributed by atoms with Gasteiger partial charge in [-0.2, -0.15) is 0 Å². The van der Waals surface area contributed by atoms with Gasteiger partial charge in [0.15, 0.2) is 5.16 Å². The number of amides is 1. The van der Waals surface area contributed by atoms with Gasteiger partial charge in [0, 0.05) is 24.6 Å².